The van der Waals surface area contributed by atoms with Gasteiger partial charge in [-0.3, -0.25) is 4.79 Å². The standard InChI is InChI=1S/C22H22N4O2S2/c1-14-25-26-22(30-14)29-13-21(27)24-11-18(15-7-9-16(28-2)10-8-15)19-12-23-20-6-4-3-5-17(19)20/h3-10,12,18,23H,11,13H2,1-2H3,(H,24,27). The number of aromatic amines is 1. The molecular formula is C22H22N4O2S2. The molecule has 0 aliphatic rings. The molecule has 2 heterocycles. The monoisotopic (exact) mass is 438 g/mol. The molecule has 4 aromatic rings. The molecule has 0 saturated carbocycles. The van der Waals surface area contributed by atoms with Gasteiger partial charge < -0.3 is 15.0 Å². The van der Waals surface area contributed by atoms with Crippen molar-refractivity contribution in [2.75, 3.05) is 19.4 Å². The number of H-pyrrole nitrogens is 1. The van der Waals surface area contributed by atoms with Gasteiger partial charge in [0.2, 0.25) is 5.91 Å². The molecule has 30 heavy (non-hydrogen) atoms. The summed E-state index contributed by atoms with van der Waals surface area (Å²) in [5, 5.41) is 13.2. The minimum absolute atomic E-state index is 0.0183. The third-order valence-corrected chi connectivity index (χ3v) is 6.82. The highest BCUT2D eigenvalue weighted by molar-refractivity contribution is 8.01. The maximum atomic E-state index is 12.5. The Balaban J connectivity index is 1.52. The number of aryl methyl sites for hydroxylation is 1. The van der Waals surface area contributed by atoms with E-state index in [1.54, 1.807) is 7.11 Å². The summed E-state index contributed by atoms with van der Waals surface area (Å²) in [6.07, 6.45) is 2.03. The molecule has 154 valence electrons. The van der Waals surface area contributed by atoms with E-state index in [9.17, 15) is 4.79 Å². The first-order chi connectivity index (χ1) is 14.6. The van der Waals surface area contributed by atoms with Crippen LogP contribution in [0.5, 0.6) is 5.75 Å². The number of amides is 1. The van der Waals surface area contributed by atoms with Gasteiger partial charge in [0.1, 0.15) is 10.8 Å². The molecule has 0 saturated heterocycles. The first-order valence-corrected chi connectivity index (χ1v) is 11.3. The van der Waals surface area contributed by atoms with Gasteiger partial charge in [-0.25, -0.2) is 0 Å². The zero-order valence-electron chi connectivity index (χ0n) is 16.7. The van der Waals surface area contributed by atoms with Crippen LogP contribution in [0.4, 0.5) is 0 Å². The number of carbonyl (C=O) groups is 1. The number of ether oxygens (including phenoxy) is 1. The second kappa shape index (κ2) is 9.32. The largest absolute Gasteiger partial charge is 0.497 e. The Bertz CT molecular complexity index is 1140. The van der Waals surface area contributed by atoms with Crippen LogP contribution in [0.25, 0.3) is 10.9 Å². The molecule has 0 radical (unpaired) electrons. The number of fused-ring (bicyclic) bond motifs is 1. The molecule has 1 unspecified atom stereocenters. The SMILES string of the molecule is COc1ccc(C(CNC(=O)CSc2nnc(C)s2)c2c[nH]c3ccccc23)cc1. The van der Waals surface area contributed by atoms with Gasteiger partial charge in [0.05, 0.1) is 12.9 Å². The highest BCUT2D eigenvalue weighted by atomic mass is 32.2. The van der Waals surface area contributed by atoms with Crippen molar-refractivity contribution in [2.45, 2.75) is 17.2 Å². The Morgan fingerprint density at radius 1 is 1.20 bits per heavy atom. The first kappa shape index (κ1) is 20.4. The molecule has 2 N–H and O–H groups in total. The van der Waals surface area contributed by atoms with Crippen LogP contribution in [0.1, 0.15) is 22.1 Å². The number of para-hydroxylation sites is 1. The Morgan fingerprint density at radius 2 is 2.00 bits per heavy atom. The fraction of sp³-hybridized carbons (Fsp3) is 0.227. The van der Waals surface area contributed by atoms with E-state index in [1.807, 2.05) is 37.4 Å². The van der Waals surface area contributed by atoms with Crippen molar-refractivity contribution in [1.82, 2.24) is 20.5 Å². The van der Waals surface area contributed by atoms with Gasteiger partial charge >= 0.3 is 0 Å². The highest BCUT2D eigenvalue weighted by Gasteiger charge is 2.19. The van der Waals surface area contributed by atoms with Crippen molar-refractivity contribution in [1.29, 1.82) is 0 Å². The maximum absolute atomic E-state index is 12.5. The highest BCUT2D eigenvalue weighted by Crippen LogP contribution is 2.31. The summed E-state index contributed by atoms with van der Waals surface area (Å²) in [5.74, 6) is 1.12. The van der Waals surface area contributed by atoms with Crippen molar-refractivity contribution in [3.05, 3.63) is 70.9 Å². The van der Waals surface area contributed by atoms with E-state index >= 15 is 0 Å². The quantitative estimate of drug-likeness (QED) is 0.399. The van der Waals surface area contributed by atoms with E-state index in [-0.39, 0.29) is 11.8 Å². The molecule has 0 bridgehead atoms. The lowest BCUT2D eigenvalue weighted by molar-refractivity contribution is -0.118. The van der Waals surface area contributed by atoms with Gasteiger partial charge in [-0.1, -0.05) is 53.4 Å². The van der Waals surface area contributed by atoms with Crippen molar-refractivity contribution >= 4 is 39.9 Å². The van der Waals surface area contributed by atoms with E-state index in [2.05, 4.69) is 44.8 Å². The van der Waals surface area contributed by atoms with Crippen LogP contribution in [0.3, 0.4) is 0 Å². The van der Waals surface area contributed by atoms with Crippen LogP contribution in [0, 0.1) is 6.92 Å². The van der Waals surface area contributed by atoms with Crippen LogP contribution in [0.15, 0.2) is 59.1 Å². The molecule has 0 spiro atoms. The second-order valence-electron chi connectivity index (χ2n) is 6.80. The van der Waals surface area contributed by atoms with E-state index in [4.69, 9.17) is 4.74 Å². The number of carbonyl (C=O) groups excluding carboxylic acids is 1. The molecule has 1 amide bonds. The smallest absolute Gasteiger partial charge is 0.230 e. The minimum Gasteiger partial charge on any atom is -0.497 e. The van der Waals surface area contributed by atoms with Crippen molar-refractivity contribution in [3.8, 4) is 5.75 Å². The van der Waals surface area contributed by atoms with Gasteiger partial charge in [-0.05, 0) is 36.2 Å². The topological polar surface area (TPSA) is 79.9 Å². The van der Waals surface area contributed by atoms with Gasteiger partial charge in [0.25, 0.3) is 0 Å². The number of hydrogen-bond acceptors (Lipinski definition) is 6. The summed E-state index contributed by atoms with van der Waals surface area (Å²) in [6, 6.07) is 16.2. The van der Waals surface area contributed by atoms with Crippen molar-refractivity contribution < 1.29 is 9.53 Å². The lowest BCUT2D eigenvalue weighted by atomic mass is 9.91. The van der Waals surface area contributed by atoms with Crippen LogP contribution in [0.2, 0.25) is 0 Å². The number of hydrogen-bond donors (Lipinski definition) is 2. The van der Waals surface area contributed by atoms with Crippen LogP contribution >= 0.6 is 23.1 Å². The Morgan fingerprint density at radius 3 is 2.73 bits per heavy atom. The summed E-state index contributed by atoms with van der Waals surface area (Å²) in [5.41, 5.74) is 3.36. The van der Waals surface area contributed by atoms with Gasteiger partial charge in [-0.2, -0.15) is 0 Å². The van der Waals surface area contributed by atoms with Gasteiger partial charge in [-0.15, -0.1) is 10.2 Å². The number of methoxy groups -OCH3 is 1. The molecule has 8 heteroatoms. The van der Waals surface area contributed by atoms with E-state index < -0.39 is 0 Å². The number of thioether (sulfide) groups is 1. The molecular weight excluding hydrogens is 416 g/mol. The Labute approximate surface area is 183 Å². The van der Waals surface area contributed by atoms with E-state index in [0.29, 0.717) is 12.3 Å². The molecule has 2 aromatic heterocycles. The number of benzene rings is 2. The number of nitrogens with one attached hydrogen (secondary N) is 2. The van der Waals surface area contributed by atoms with Crippen LogP contribution in [-0.4, -0.2) is 40.5 Å². The molecule has 2 aromatic carbocycles. The zero-order chi connectivity index (χ0) is 20.9. The molecule has 0 aliphatic carbocycles. The summed E-state index contributed by atoms with van der Waals surface area (Å²) in [6.45, 7) is 2.41. The fourth-order valence-corrected chi connectivity index (χ4v) is 5.00. The van der Waals surface area contributed by atoms with Crippen LogP contribution < -0.4 is 10.1 Å². The number of rotatable bonds is 8. The molecule has 0 fully saturated rings. The Hall–Kier alpha value is -2.84. The third kappa shape index (κ3) is 4.66. The maximum Gasteiger partial charge on any atom is 0.230 e. The predicted octanol–water partition coefficient (Wildman–Crippen LogP) is 4.38. The van der Waals surface area contributed by atoms with Crippen molar-refractivity contribution in [3.63, 3.8) is 0 Å². The number of aromatic nitrogens is 3. The normalized spacial score (nSPS) is 12.1. The predicted molar refractivity (Wildman–Crippen MR) is 122 cm³/mol. The van der Waals surface area contributed by atoms with E-state index in [0.717, 1.165) is 37.1 Å². The third-order valence-electron chi connectivity index (χ3n) is 4.85. The summed E-state index contributed by atoms with van der Waals surface area (Å²) < 4.78 is 6.11. The summed E-state index contributed by atoms with van der Waals surface area (Å²) in [7, 11) is 1.66. The van der Waals surface area contributed by atoms with Crippen molar-refractivity contribution in [2.24, 2.45) is 0 Å². The van der Waals surface area contributed by atoms with E-state index in [1.165, 1.54) is 23.1 Å². The molecule has 4 rings (SSSR count). The zero-order valence-corrected chi connectivity index (χ0v) is 18.3. The average molecular weight is 439 g/mol. The summed E-state index contributed by atoms with van der Waals surface area (Å²) >= 11 is 2.91. The fourth-order valence-electron chi connectivity index (χ4n) is 3.36. The Kier molecular flexibility index (Phi) is 6.35. The lowest BCUT2D eigenvalue weighted by Gasteiger charge is -2.18. The number of nitrogens with zero attached hydrogens (tertiary/aromatic N) is 2. The first-order valence-electron chi connectivity index (χ1n) is 9.53. The van der Waals surface area contributed by atoms with Gasteiger partial charge in [0, 0.05) is 29.6 Å². The molecule has 0 aliphatic heterocycles. The average Bonchev–Trinajstić information content (AvgIpc) is 3.39. The van der Waals surface area contributed by atoms with Crippen LogP contribution in [-0.2, 0) is 4.79 Å². The minimum atomic E-state index is -0.0220. The lowest BCUT2D eigenvalue weighted by Crippen LogP contribution is -2.30. The summed E-state index contributed by atoms with van der Waals surface area (Å²) in [4.78, 5) is 15.8. The van der Waals surface area contributed by atoms with Gasteiger partial charge in [0.15, 0.2) is 4.34 Å². The molecule has 6 nitrogen and oxygen atoms in total. The second-order valence-corrected chi connectivity index (χ2v) is 9.20. The molecule has 1 atom stereocenters.